The third kappa shape index (κ3) is 1.59. The Morgan fingerprint density at radius 1 is 1.54 bits per heavy atom. The molecule has 0 aromatic heterocycles. The Morgan fingerprint density at radius 2 is 2.23 bits per heavy atom. The molecule has 2 fully saturated rings. The summed E-state index contributed by atoms with van der Waals surface area (Å²) in [5, 5.41) is 10.2. The smallest absolute Gasteiger partial charge is 0.0380 e. The van der Waals surface area contributed by atoms with Gasteiger partial charge < -0.3 is 16.5 Å². The molecular formula is C9H16N4. The van der Waals surface area contributed by atoms with E-state index in [0.29, 0.717) is 5.41 Å². The van der Waals surface area contributed by atoms with E-state index in [1.54, 1.807) is 6.08 Å². The van der Waals surface area contributed by atoms with Crippen LogP contribution in [0.15, 0.2) is 11.8 Å². The summed E-state index contributed by atoms with van der Waals surface area (Å²) in [5.74, 6) is 0. The van der Waals surface area contributed by atoms with Crippen LogP contribution in [-0.4, -0.2) is 43.8 Å². The molecule has 4 heteroatoms. The highest BCUT2D eigenvalue weighted by Gasteiger charge is 2.47. The largest absolute Gasteiger partial charge is 0.401 e. The number of allylic oxidation sites excluding steroid dienone is 1. The third-order valence-corrected chi connectivity index (χ3v) is 2.82. The van der Waals surface area contributed by atoms with Gasteiger partial charge in [0.25, 0.3) is 0 Å². The van der Waals surface area contributed by atoms with Crippen molar-refractivity contribution in [2.24, 2.45) is 11.1 Å². The summed E-state index contributed by atoms with van der Waals surface area (Å²) < 4.78 is 0. The Kier molecular flexibility index (Phi) is 2.09. The molecule has 0 radical (unpaired) electrons. The Morgan fingerprint density at radius 3 is 2.69 bits per heavy atom. The molecule has 4 N–H and O–H groups in total. The van der Waals surface area contributed by atoms with E-state index in [1.807, 2.05) is 0 Å². The summed E-state index contributed by atoms with van der Waals surface area (Å²) >= 11 is 0. The van der Waals surface area contributed by atoms with Crippen LogP contribution in [0.3, 0.4) is 0 Å². The normalized spacial score (nSPS) is 26.6. The molecule has 0 bridgehead atoms. The second-order valence-electron chi connectivity index (χ2n) is 4.16. The van der Waals surface area contributed by atoms with Crippen LogP contribution in [0.25, 0.3) is 0 Å². The van der Waals surface area contributed by atoms with Crippen LogP contribution in [0, 0.1) is 10.8 Å². The van der Waals surface area contributed by atoms with Crippen LogP contribution in [0.5, 0.6) is 0 Å². The van der Waals surface area contributed by atoms with E-state index >= 15 is 0 Å². The first-order valence-electron chi connectivity index (χ1n) is 4.62. The van der Waals surface area contributed by atoms with E-state index < -0.39 is 0 Å². The standard InChI is InChI=1S/C9H16N4/c10-2-1-8(11)3-13-6-9(7-13)4-12-5-9/h1-2,10,12H,3-7,11H2/b8-1-,10-2?. The lowest BCUT2D eigenvalue weighted by molar-refractivity contribution is -0.0334. The van der Waals surface area contributed by atoms with Crippen molar-refractivity contribution < 1.29 is 0 Å². The van der Waals surface area contributed by atoms with Crippen LogP contribution >= 0.6 is 0 Å². The molecule has 2 rings (SSSR count). The number of hydrogen-bond acceptors (Lipinski definition) is 4. The van der Waals surface area contributed by atoms with Gasteiger partial charge in [-0.2, -0.15) is 0 Å². The van der Waals surface area contributed by atoms with Crippen LogP contribution in [-0.2, 0) is 0 Å². The van der Waals surface area contributed by atoms with E-state index in [4.69, 9.17) is 11.1 Å². The summed E-state index contributed by atoms with van der Waals surface area (Å²) in [6.07, 6.45) is 2.90. The van der Waals surface area contributed by atoms with Gasteiger partial charge in [-0.05, 0) is 6.08 Å². The van der Waals surface area contributed by atoms with Crippen molar-refractivity contribution in [3.63, 3.8) is 0 Å². The highest BCUT2D eigenvalue weighted by molar-refractivity contribution is 5.68. The lowest BCUT2D eigenvalue weighted by Gasteiger charge is -2.56. The molecule has 0 unspecified atom stereocenters. The maximum atomic E-state index is 6.87. The van der Waals surface area contributed by atoms with Gasteiger partial charge in [-0.1, -0.05) is 0 Å². The summed E-state index contributed by atoms with van der Waals surface area (Å²) in [5.41, 5.74) is 7.06. The van der Waals surface area contributed by atoms with Crippen molar-refractivity contribution in [1.29, 1.82) is 5.41 Å². The van der Waals surface area contributed by atoms with Gasteiger partial charge in [-0.3, -0.25) is 4.90 Å². The van der Waals surface area contributed by atoms with E-state index in [1.165, 1.54) is 6.21 Å². The molecule has 0 aromatic carbocycles. The van der Waals surface area contributed by atoms with Gasteiger partial charge in [0, 0.05) is 50.1 Å². The fourth-order valence-electron chi connectivity index (χ4n) is 2.13. The molecule has 2 aliphatic heterocycles. The first-order valence-corrected chi connectivity index (χ1v) is 4.62. The molecule has 4 nitrogen and oxygen atoms in total. The lowest BCUT2D eigenvalue weighted by atomic mass is 9.74. The highest BCUT2D eigenvalue weighted by Crippen LogP contribution is 2.33. The number of hydrogen-bond donors (Lipinski definition) is 3. The van der Waals surface area contributed by atoms with E-state index in [2.05, 4.69) is 10.2 Å². The molecule has 1 spiro atoms. The molecule has 13 heavy (non-hydrogen) atoms. The fraction of sp³-hybridized carbons (Fsp3) is 0.667. The SMILES string of the molecule is N=C/C=C(\N)CN1CC2(CNC2)C1. The van der Waals surface area contributed by atoms with Crippen LogP contribution < -0.4 is 11.1 Å². The summed E-state index contributed by atoms with van der Waals surface area (Å²) in [6, 6.07) is 0. The molecule has 0 aliphatic carbocycles. The van der Waals surface area contributed by atoms with Gasteiger partial charge in [0.15, 0.2) is 0 Å². The Balaban J connectivity index is 1.74. The minimum absolute atomic E-state index is 0.574. The van der Waals surface area contributed by atoms with Crippen molar-refractivity contribution >= 4 is 6.21 Å². The number of likely N-dealkylation sites (tertiary alicyclic amines) is 1. The van der Waals surface area contributed by atoms with Gasteiger partial charge >= 0.3 is 0 Å². The molecule has 2 aliphatic rings. The van der Waals surface area contributed by atoms with Crippen molar-refractivity contribution in [2.75, 3.05) is 32.7 Å². The second kappa shape index (κ2) is 3.12. The molecule has 0 amide bonds. The lowest BCUT2D eigenvalue weighted by Crippen LogP contribution is -2.71. The Bertz CT molecular complexity index is 234. The van der Waals surface area contributed by atoms with Crippen LogP contribution in [0.2, 0.25) is 0 Å². The van der Waals surface area contributed by atoms with Gasteiger partial charge in [-0.15, -0.1) is 0 Å². The minimum atomic E-state index is 0.574. The van der Waals surface area contributed by atoms with Crippen molar-refractivity contribution in [1.82, 2.24) is 10.2 Å². The molecule has 72 valence electrons. The van der Waals surface area contributed by atoms with Gasteiger partial charge in [-0.25, -0.2) is 0 Å². The summed E-state index contributed by atoms with van der Waals surface area (Å²) in [7, 11) is 0. The topological polar surface area (TPSA) is 65.1 Å². The maximum absolute atomic E-state index is 6.87. The zero-order chi connectivity index (χ0) is 9.31. The zero-order valence-electron chi connectivity index (χ0n) is 7.71. The molecule has 0 saturated carbocycles. The van der Waals surface area contributed by atoms with Crippen molar-refractivity contribution in [3.05, 3.63) is 11.8 Å². The predicted molar refractivity (Wildman–Crippen MR) is 52.8 cm³/mol. The number of nitrogens with two attached hydrogens (primary N) is 1. The average Bonchev–Trinajstić information content (AvgIpc) is 1.92. The van der Waals surface area contributed by atoms with Crippen molar-refractivity contribution in [3.8, 4) is 0 Å². The van der Waals surface area contributed by atoms with E-state index in [-0.39, 0.29) is 0 Å². The first-order chi connectivity index (χ1) is 6.24. The van der Waals surface area contributed by atoms with Gasteiger partial charge in [0.2, 0.25) is 0 Å². The third-order valence-electron chi connectivity index (χ3n) is 2.82. The molecule has 0 atom stereocenters. The fourth-order valence-corrected chi connectivity index (χ4v) is 2.13. The maximum Gasteiger partial charge on any atom is 0.0380 e. The Hall–Kier alpha value is -0.870. The highest BCUT2D eigenvalue weighted by atomic mass is 15.3. The average molecular weight is 180 g/mol. The quantitative estimate of drug-likeness (QED) is 0.507. The summed E-state index contributed by atoms with van der Waals surface area (Å²) in [4.78, 5) is 2.33. The number of nitrogens with one attached hydrogen (secondary N) is 2. The number of nitrogens with zero attached hydrogens (tertiary/aromatic N) is 1. The van der Waals surface area contributed by atoms with E-state index in [0.717, 1.165) is 38.4 Å². The zero-order valence-corrected chi connectivity index (χ0v) is 7.71. The number of rotatable bonds is 3. The predicted octanol–water partition coefficient (Wildman–Crippen LogP) is -0.616. The molecule has 0 aromatic rings. The van der Waals surface area contributed by atoms with Crippen molar-refractivity contribution in [2.45, 2.75) is 0 Å². The molecular weight excluding hydrogens is 164 g/mol. The first kappa shape index (κ1) is 8.72. The molecule has 2 saturated heterocycles. The summed E-state index contributed by atoms with van der Waals surface area (Å²) in [6.45, 7) is 5.46. The monoisotopic (exact) mass is 180 g/mol. The minimum Gasteiger partial charge on any atom is -0.401 e. The van der Waals surface area contributed by atoms with Crippen LogP contribution in [0.1, 0.15) is 0 Å². The Labute approximate surface area is 78.3 Å². The van der Waals surface area contributed by atoms with Gasteiger partial charge in [0.1, 0.15) is 0 Å². The second-order valence-corrected chi connectivity index (χ2v) is 4.16. The van der Waals surface area contributed by atoms with Crippen LogP contribution in [0.4, 0.5) is 0 Å². The van der Waals surface area contributed by atoms with E-state index in [9.17, 15) is 0 Å². The molecule has 2 heterocycles. The van der Waals surface area contributed by atoms with Gasteiger partial charge in [0.05, 0.1) is 0 Å².